The molecule has 1 unspecified atom stereocenters. The van der Waals surface area contributed by atoms with Crippen molar-refractivity contribution in [3.05, 3.63) is 18.5 Å². The smallest absolute Gasteiger partial charge is 0.323 e. The molecule has 1 aromatic heterocycles. The number of aliphatic carboxylic acids is 1. The van der Waals surface area contributed by atoms with Crippen LogP contribution in [0.2, 0.25) is 0 Å². The highest BCUT2D eigenvalue weighted by molar-refractivity contribution is 5.83. The summed E-state index contributed by atoms with van der Waals surface area (Å²) in [6, 6.07) is 1.24. The summed E-state index contributed by atoms with van der Waals surface area (Å²) in [7, 11) is 0. The molecule has 1 aromatic rings. The van der Waals surface area contributed by atoms with E-state index in [1.54, 1.807) is 32.3 Å². The molecule has 1 rings (SSSR count). The fourth-order valence-electron chi connectivity index (χ4n) is 1.40. The summed E-state index contributed by atoms with van der Waals surface area (Å²) in [5, 5.41) is 12.6. The Morgan fingerprint density at radius 2 is 2.25 bits per heavy atom. The number of aromatic nitrogens is 2. The van der Waals surface area contributed by atoms with E-state index in [0.29, 0.717) is 6.54 Å². The largest absolute Gasteiger partial charge is 0.480 e. The molecule has 0 aromatic carbocycles. The van der Waals surface area contributed by atoms with E-state index in [2.05, 4.69) is 5.10 Å². The van der Waals surface area contributed by atoms with Gasteiger partial charge in [-0.25, -0.2) is 0 Å². The van der Waals surface area contributed by atoms with Crippen molar-refractivity contribution < 1.29 is 14.7 Å². The first-order valence-corrected chi connectivity index (χ1v) is 5.06. The zero-order valence-electron chi connectivity index (χ0n) is 9.33. The van der Waals surface area contributed by atoms with Crippen LogP contribution in [0.1, 0.15) is 19.9 Å². The predicted octanol–water partition coefficient (Wildman–Crippen LogP) is 0.377. The van der Waals surface area contributed by atoms with Gasteiger partial charge in [0.15, 0.2) is 0 Å². The summed E-state index contributed by atoms with van der Waals surface area (Å²) in [5.41, 5.74) is 0. The van der Waals surface area contributed by atoms with Gasteiger partial charge >= 0.3 is 5.97 Å². The number of nitrogens with zero attached hydrogens (tertiary/aromatic N) is 3. The van der Waals surface area contributed by atoms with Gasteiger partial charge in [0.1, 0.15) is 12.6 Å². The van der Waals surface area contributed by atoms with Gasteiger partial charge in [0, 0.05) is 18.9 Å². The predicted molar refractivity (Wildman–Crippen MR) is 56.8 cm³/mol. The van der Waals surface area contributed by atoms with Gasteiger partial charge < -0.3 is 10.0 Å². The van der Waals surface area contributed by atoms with Gasteiger partial charge in [-0.2, -0.15) is 5.10 Å². The standard InChI is InChI=1S/C10H15N3O3/c1-3-12(7-9(14)15)10(16)8(2)13-6-4-5-11-13/h4-6,8H,3,7H2,1-2H3,(H,14,15). The van der Waals surface area contributed by atoms with E-state index in [1.807, 2.05) is 0 Å². The summed E-state index contributed by atoms with van der Waals surface area (Å²) in [4.78, 5) is 23.8. The van der Waals surface area contributed by atoms with Gasteiger partial charge in [0.2, 0.25) is 5.91 Å². The zero-order valence-corrected chi connectivity index (χ0v) is 9.33. The van der Waals surface area contributed by atoms with Crippen LogP contribution in [-0.2, 0) is 9.59 Å². The molecule has 0 saturated heterocycles. The molecule has 0 aliphatic carbocycles. The molecule has 88 valence electrons. The van der Waals surface area contributed by atoms with Crippen LogP contribution in [-0.4, -0.2) is 44.8 Å². The number of rotatable bonds is 5. The molecule has 0 fully saturated rings. The van der Waals surface area contributed by atoms with Crippen LogP contribution in [0.15, 0.2) is 18.5 Å². The second kappa shape index (κ2) is 5.29. The monoisotopic (exact) mass is 225 g/mol. The highest BCUT2D eigenvalue weighted by Crippen LogP contribution is 2.08. The molecular weight excluding hydrogens is 210 g/mol. The van der Waals surface area contributed by atoms with Crippen molar-refractivity contribution in [1.82, 2.24) is 14.7 Å². The third-order valence-electron chi connectivity index (χ3n) is 2.30. The van der Waals surface area contributed by atoms with E-state index in [1.165, 1.54) is 9.58 Å². The quantitative estimate of drug-likeness (QED) is 0.785. The summed E-state index contributed by atoms with van der Waals surface area (Å²) < 4.78 is 1.51. The van der Waals surface area contributed by atoms with Crippen LogP contribution in [0.4, 0.5) is 0 Å². The third-order valence-corrected chi connectivity index (χ3v) is 2.30. The van der Waals surface area contributed by atoms with Crippen LogP contribution in [0.5, 0.6) is 0 Å². The van der Waals surface area contributed by atoms with Crippen LogP contribution in [0, 0.1) is 0 Å². The summed E-state index contributed by atoms with van der Waals surface area (Å²) >= 11 is 0. The molecule has 1 atom stereocenters. The van der Waals surface area contributed by atoms with Crippen molar-refractivity contribution in [2.75, 3.05) is 13.1 Å². The number of likely N-dealkylation sites (N-methyl/N-ethyl adjacent to an activating group) is 1. The average Bonchev–Trinajstić information content (AvgIpc) is 2.76. The number of carboxylic acids is 1. The summed E-state index contributed by atoms with van der Waals surface area (Å²) in [6.07, 6.45) is 3.26. The van der Waals surface area contributed by atoms with Crippen molar-refractivity contribution in [2.45, 2.75) is 19.9 Å². The Labute approximate surface area is 93.5 Å². The van der Waals surface area contributed by atoms with Crippen molar-refractivity contribution in [1.29, 1.82) is 0 Å². The Morgan fingerprint density at radius 3 is 2.69 bits per heavy atom. The number of hydrogen-bond donors (Lipinski definition) is 1. The maximum Gasteiger partial charge on any atom is 0.323 e. The first-order chi connectivity index (χ1) is 7.56. The Balaban J connectivity index is 2.71. The zero-order chi connectivity index (χ0) is 12.1. The summed E-state index contributed by atoms with van der Waals surface area (Å²) in [5.74, 6) is -1.25. The van der Waals surface area contributed by atoms with Crippen molar-refractivity contribution >= 4 is 11.9 Å². The molecule has 0 spiro atoms. The first kappa shape index (κ1) is 12.2. The second-order valence-electron chi connectivity index (χ2n) is 3.41. The lowest BCUT2D eigenvalue weighted by atomic mass is 10.3. The number of hydrogen-bond acceptors (Lipinski definition) is 3. The van der Waals surface area contributed by atoms with Crippen molar-refractivity contribution in [3.8, 4) is 0 Å². The van der Waals surface area contributed by atoms with Crippen LogP contribution < -0.4 is 0 Å². The van der Waals surface area contributed by atoms with E-state index in [9.17, 15) is 9.59 Å². The molecule has 1 N–H and O–H groups in total. The molecular formula is C10H15N3O3. The van der Waals surface area contributed by atoms with E-state index in [0.717, 1.165) is 0 Å². The lowest BCUT2D eigenvalue weighted by Crippen LogP contribution is -2.39. The Morgan fingerprint density at radius 1 is 1.56 bits per heavy atom. The Hall–Kier alpha value is -1.85. The summed E-state index contributed by atoms with van der Waals surface area (Å²) in [6.45, 7) is 3.54. The molecule has 1 amide bonds. The normalized spacial score (nSPS) is 12.1. The highest BCUT2D eigenvalue weighted by Gasteiger charge is 2.22. The molecule has 0 saturated carbocycles. The highest BCUT2D eigenvalue weighted by atomic mass is 16.4. The Bertz CT molecular complexity index is 361. The molecule has 16 heavy (non-hydrogen) atoms. The Kier molecular flexibility index (Phi) is 4.04. The van der Waals surface area contributed by atoms with Gasteiger partial charge in [-0.3, -0.25) is 14.3 Å². The average molecular weight is 225 g/mol. The van der Waals surface area contributed by atoms with E-state index >= 15 is 0 Å². The van der Waals surface area contributed by atoms with Gasteiger partial charge in [-0.05, 0) is 19.9 Å². The topological polar surface area (TPSA) is 75.4 Å². The van der Waals surface area contributed by atoms with Crippen LogP contribution >= 0.6 is 0 Å². The minimum atomic E-state index is -1.01. The van der Waals surface area contributed by atoms with Crippen molar-refractivity contribution in [2.24, 2.45) is 0 Å². The molecule has 6 heteroatoms. The van der Waals surface area contributed by atoms with Gasteiger partial charge in [0.25, 0.3) is 0 Å². The first-order valence-electron chi connectivity index (χ1n) is 5.06. The van der Waals surface area contributed by atoms with E-state index < -0.39 is 12.0 Å². The van der Waals surface area contributed by atoms with Crippen LogP contribution in [0.25, 0.3) is 0 Å². The van der Waals surface area contributed by atoms with E-state index in [-0.39, 0.29) is 12.5 Å². The van der Waals surface area contributed by atoms with E-state index in [4.69, 9.17) is 5.11 Å². The number of carbonyl (C=O) groups excluding carboxylic acids is 1. The number of carbonyl (C=O) groups is 2. The van der Waals surface area contributed by atoms with Gasteiger partial charge in [-0.1, -0.05) is 0 Å². The third kappa shape index (κ3) is 2.82. The minimum Gasteiger partial charge on any atom is -0.480 e. The number of carboxylic acid groups (broad SMARTS) is 1. The van der Waals surface area contributed by atoms with Crippen molar-refractivity contribution in [3.63, 3.8) is 0 Å². The molecule has 0 aliphatic rings. The molecule has 6 nitrogen and oxygen atoms in total. The van der Waals surface area contributed by atoms with Gasteiger partial charge in [-0.15, -0.1) is 0 Å². The second-order valence-corrected chi connectivity index (χ2v) is 3.41. The molecule has 0 radical (unpaired) electrons. The number of amides is 1. The van der Waals surface area contributed by atoms with Crippen LogP contribution in [0.3, 0.4) is 0 Å². The molecule has 0 aliphatic heterocycles. The maximum atomic E-state index is 11.9. The lowest BCUT2D eigenvalue weighted by molar-refractivity contribution is -0.145. The lowest BCUT2D eigenvalue weighted by Gasteiger charge is -2.22. The SMILES string of the molecule is CCN(CC(=O)O)C(=O)C(C)n1cccn1. The maximum absolute atomic E-state index is 11.9. The van der Waals surface area contributed by atoms with Gasteiger partial charge in [0.05, 0.1) is 0 Å². The molecule has 0 bridgehead atoms. The fourth-order valence-corrected chi connectivity index (χ4v) is 1.40. The fraction of sp³-hybridized carbons (Fsp3) is 0.500. The molecule has 1 heterocycles. The minimum absolute atomic E-state index is 0.242.